The minimum absolute atomic E-state index is 0. The van der Waals surface area contributed by atoms with E-state index in [9.17, 15) is 18.3 Å². The van der Waals surface area contributed by atoms with Gasteiger partial charge in [0.15, 0.2) is 5.96 Å². The lowest BCUT2D eigenvalue weighted by atomic mass is 10.0. The van der Waals surface area contributed by atoms with Gasteiger partial charge in [0.1, 0.15) is 11.4 Å². The van der Waals surface area contributed by atoms with Crippen molar-refractivity contribution in [2.45, 2.75) is 38.1 Å². The largest absolute Gasteiger partial charge is 0.466 e. The summed E-state index contributed by atoms with van der Waals surface area (Å²) in [4.78, 5) is 5.72. The second-order valence-electron chi connectivity index (χ2n) is 6.43. The number of nitrogens with one attached hydrogen (secondary N) is 2. The van der Waals surface area contributed by atoms with E-state index in [0.29, 0.717) is 37.8 Å². The number of aliphatic imine (C=N–C) groups is 1. The summed E-state index contributed by atoms with van der Waals surface area (Å²) >= 11 is 0. The van der Waals surface area contributed by atoms with Crippen LogP contribution in [0.1, 0.15) is 26.0 Å². The van der Waals surface area contributed by atoms with E-state index in [-0.39, 0.29) is 36.6 Å². The number of rotatable bonds is 6. The average Bonchev–Trinajstić information content (AvgIpc) is 3.15. The van der Waals surface area contributed by atoms with Crippen LogP contribution in [0.15, 0.2) is 27.8 Å². The lowest BCUT2D eigenvalue weighted by molar-refractivity contribution is -0.143. The Morgan fingerprint density at radius 2 is 2.19 bits per heavy atom. The van der Waals surface area contributed by atoms with Crippen molar-refractivity contribution in [3.05, 3.63) is 24.2 Å². The zero-order valence-electron chi connectivity index (χ0n) is 14.8. The number of guanidine groups is 1. The molecule has 0 spiro atoms. The van der Waals surface area contributed by atoms with E-state index in [2.05, 4.69) is 15.6 Å². The molecule has 0 aliphatic carbocycles. The molecule has 2 rings (SSSR count). The Kier molecular flexibility index (Phi) is 8.67. The molecule has 0 amide bonds. The van der Waals surface area contributed by atoms with E-state index in [1.54, 1.807) is 19.1 Å². The van der Waals surface area contributed by atoms with Crippen molar-refractivity contribution in [3.8, 4) is 0 Å². The SMILES string of the molecule is CCNC(=NCC(C)(O)c1ccco1)NC1CCN(CC(F)(F)F)C1.I. The second kappa shape index (κ2) is 9.79. The Labute approximate surface area is 168 Å². The number of likely N-dealkylation sites (tertiary alicyclic amines) is 1. The lowest BCUT2D eigenvalue weighted by Crippen LogP contribution is -2.45. The molecule has 6 nitrogen and oxygen atoms in total. The van der Waals surface area contributed by atoms with Crippen LogP contribution in [0, 0.1) is 0 Å². The van der Waals surface area contributed by atoms with Crippen LogP contribution in [0.2, 0.25) is 0 Å². The molecule has 2 heterocycles. The number of halogens is 4. The van der Waals surface area contributed by atoms with Gasteiger partial charge in [0, 0.05) is 25.7 Å². The number of furan rings is 1. The van der Waals surface area contributed by atoms with Gasteiger partial charge in [-0.2, -0.15) is 13.2 Å². The smallest absolute Gasteiger partial charge is 0.401 e. The van der Waals surface area contributed by atoms with E-state index in [1.807, 2.05) is 6.92 Å². The molecule has 150 valence electrons. The fourth-order valence-electron chi connectivity index (χ4n) is 2.76. The Morgan fingerprint density at radius 1 is 1.46 bits per heavy atom. The van der Waals surface area contributed by atoms with Gasteiger partial charge in [0.05, 0.1) is 19.4 Å². The topological polar surface area (TPSA) is 73.0 Å². The van der Waals surface area contributed by atoms with Gasteiger partial charge < -0.3 is 20.2 Å². The second-order valence-corrected chi connectivity index (χ2v) is 6.43. The normalized spacial score (nSPS) is 21.2. The summed E-state index contributed by atoms with van der Waals surface area (Å²) in [6, 6.07) is 3.24. The van der Waals surface area contributed by atoms with Crippen molar-refractivity contribution in [3.63, 3.8) is 0 Å². The molecule has 3 N–H and O–H groups in total. The van der Waals surface area contributed by atoms with Crippen molar-refractivity contribution in [1.82, 2.24) is 15.5 Å². The standard InChI is InChI=1S/C16H25F3N4O2.HI/c1-3-20-14(21-10-15(2,24)13-5-4-8-25-13)22-12-6-7-23(9-12)11-16(17,18)19;/h4-5,8,12,24H,3,6-7,9-11H2,1-2H3,(H2,20,21,22);1H. The Hall–Kier alpha value is -1.01. The first kappa shape index (κ1) is 23.0. The third-order valence-corrected chi connectivity index (χ3v) is 3.96. The summed E-state index contributed by atoms with van der Waals surface area (Å²) in [5.74, 6) is 0.873. The molecular weight excluding hydrogens is 464 g/mol. The highest BCUT2D eigenvalue weighted by molar-refractivity contribution is 14.0. The fourth-order valence-corrected chi connectivity index (χ4v) is 2.76. The van der Waals surface area contributed by atoms with Gasteiger partial charge in [-0.05, 0) is 32.4 Å². The van der Waals surface area contributed by atoms with Crippen LogP contribution in [-0.2, 0) is 5.60 Å². The van der Waals surface area contributed by atoms with Crippen LogP contribution in [0.25, 0.3) is 0 Å². The van der Waals surface area contributed by atoms with Crippen LogP contribution >= 0.6 is 24.0 Å². The van der Waals surface area contributed by atoms with Crippen LogP contribution in [0.3, 0.4) is 0 Å². The van der Waals surface area contributed by atoms with Gasteiger partial charge in [0.25, 0.3) is 0 Å². The molecular formula is C16H26F3IN4O2. The molecule has 0 bridgehead atoms. The maximum Gasteiger partial charge on any atom is 0.401 e. The van der Waals surface area contributed by atoms with Crippen molar-refractivity contribution < 1.29 is 22.7 Å². The quantitative estimate of drug-likeness (QED) is 0.325. The van der Waals surface area contributed by atoms with Crippen LogP contribution in [-0.4, -0.2) is 60.9 Å². The summed E-state index contributed by atoms with van der Waals surface area (Å²) in [5.41, 5.74) is -1.26. The monoisotopic (exact) mass is 490 g/mol. The molecule has 1 aliphatic heterocycles. The highest BCUT2D eigenvalue weighted by Gasteiger charge is 2.34. The summed E-state index contributed by atoms with van der Waals surface area (Å²) in [7, 11) is 0. The van der Waals surface area contributed by atoms with Gasteiger partial charge in [0.2, 0.25) is 0 Å². The summed E-state index contributed by atoms with van der Waals surface area (Å²) < 4.78 is 42.6. The number of hydrogen-bond donors (Lipinski definition) is 3. The molecule has 1 aromatic heterocycles. The molecule has 0 radical (unpaired) electrons. The first-order valence-electron chi connectivity index (χ1n) is 8.30. The Balaban J connectivity index is 0.00000338. The molecule has 26 heavy (non-hydrogen) atoms. The van der Waals surface area contributed by atoms with E-state index in [4.69, 9.17) is 4.42 Å². The predicted molar refractivity (Wildman–Crippen MR) is 104 cm³/mol. The highest BCUT2D eigenvalue weighted by Crippen LogP contribution is 2.22. The van der Waals surface area contributed by atoms with Gasteiger partial charge >= 0.3 is 6.18 Å². The fraction of sp³-hybridized carbons (Fsp3) is 0.688. The third kappa shape index (κ3) is 7.31. The maximum atomic E-state index is 12.5. The average molecular weight is 490 g/mol. The molecule has 1 fully saturated rings. The molecule has 1 saturated heterocycles. The third-order valence-electron chi connectivity index (χ3n) is 3.96. The number of nitrogens with zero attached hydrogens (tertiary/aromatic N) is 2. The van der Waals surface area contributed by atoms with Crippen molar-refractivity contribution in [1.29, 1.82) is 0 Å². The first-order valence-corrected chi connectivity index (χ1v) is 8.30. The zero-order chi connectivity index (χ0) is 18.5. The molecule has 1 aromatic rings. The zero-order valence-corrected chi connectivity index (χ0v) is 17.2. The van der Waals surface area contributed by atoms with Crippen LogP contribution < -0.4 is 10.6 Å². The van der Waals surface area contributed by atoms with Crippen molar-refractivity contribution in [2.75, 3.05) is 32.7 Å². The Bertz CT molecular complexity index is 564. The van der Waals surface area contributed by atoms with Crippen molar-refractivity contribution >= 4 is 29.9 Å². The minimum atomic E-state index is -4.19. The van der Waals surface area contributed by atoms with E-state index in [0.717, 1.165) is 0 Å². The van der Waals surface area contributed by atoms with E-state index >= 15 is 0 Å². The van der Waals surface area contributed by atoms with E-state index < -0.39 is 18.3 Å². The molecule has 0 aromatic carbocycles. The lowest BCUT2D eigenvalue weighted by Gasteiger charge is -2.22. The van der Waals surface area contributed by atoms with Gasteiger partial charge in [-0.25, -0.2) is 4.99 Å². The maximum absolute atomic E-state index is 12.5. The summed E-state index contributed by atoms with van der Waals surface area (Å²) in [6.45, 7) is 3.96. The summed E-state index contributed by atoms with van der Waals surface area (Å²) in [5, 5.41) is 16.6. The molecule has 1 aliphatic rings. The minimum Gasteiger partial charge on any atom is -0.466 e. The van der Waals surface area contributed by atoms with Gasteiger partial charge in [-0.3, -0.25) is 4.90 Å². The van der Waals surface area contributed by atoms with Gasteiger partial charge in [-0.1, -0.05) is 0 Å². The molecule has 0 saturated carbocycles. The van der Waals surface area contributed by atoms with E-state index in [1.165, 1.54) is 11.2 Å². The van der Waals surface area contributed by atoms with Gasteiger partial charge in [-0.15, -0.1) is 24.0 Å². The first-order chi connectivity index (χ1) is 11.7. The molecule has 2 atom stereocenters. The predicted octanol–water partition coefficient (Wildman–Crippen LogP) is 2.30. The van der Waals surface area contributed by atoms with Crippen LogP contribution in [0.5, 0.6) is 0 Å². The molecule has 10 heteroatoms. The summed E-state index contributed by atoms with van der Waals surface area (Å²) in [6.07, 6.45) is -2.10. The Morgan fingerprint density at radius 3 is 2.77 bits per heavy atom. The molecule has 2 unspecified atom stereocenters. The van der Waals surface area contributed by atoms with Crippen molar-refractivity contribution in [2.24, 2.45) is 4.99 Å². The highest BCUT2D eigenvalue weighted by atomic mass is 127. The van der Waals surface area contributed by atoms with Crippen LogP contribution in [0.4, 0.5) is 13.2 Å². The number of alkyl halides is 3. The number of aliphatic hydroxyl groups is 1. The number of hydrogen-bond acceptors (Lipinski definition) is 4.